The van der Waals surface area contributed by atoms with Gasteiger partial charge in [-0.3, -0.25) is 0 Å². The molecule has 0 aliphatic heterocycles. The number of aromatic nitrogens is 2. The van der Waals surface area contributed by atoms with E-state index in [0.717, 1.165) is 6.07 Å². The fourth-order valence-electron chi connectivity index (χ4n) is 1.87. The first-order chi connectivity index (χ1) is 11.2. The lowest BCUT2D eigenvalue weighted by Crippen LogP contribution is -2.28. The molecule has 1 atom stereocenters. The first-order valence-corrected chi connectivity index (χ1v) is 7.53. The van der Waals surface area contributed by atoms with Crippen molar-refractivity contribution < 1.29 is 18.3 Å². The molecule has 0 saturated carbocycles. The van der Waals surface area contributed by atoms with Gasteiger partial charge in [-0.05, 0) is 24.6 Å². The fourth-order valence-corrected chi connectivity index (χ4v) is 2.04. The third-order valence-corrected chi connectivity index (χ3v) is 3.52. The van der Waals surface area contributed by atoms with Crippen molar-refractivity contribution in [1.29, 1.82) is 0 Å². The van der Waals surface area contributed by atoms with Gasteiger partial charge in [0.05, 0.1) is 5.56 Å². The lowest BCUT2D eigenvalue weighted by atomic mass is 10.2. The normalized spacial score (nSPS) is 12.9. The lowest BCUT2D eigenvalue weighted by molar-refractivity contribution is -0.141. The molecule has 1 aromatic carbocycles. The van der Waals surface area contributed by atoms with Gasteiger partial charge in [0.25, 0.3) is 0 Å². The Bertz CT molecular complexity index is 724. The van der Waals surface area contributed by atoms with Crippen molar-refractivity contribution in [1.82, 2.24) is 9.97 Å². The van der Waals surface area contributed by atoms with Gasteiger partial charge < -0.3 is 16.2 Å². The van der Waals surface area contributed by atoms with Crippen molar-refractivity contribution in [3.63, 3.8) is 0 Å². The summed E-state index contributed by atoms with van der Waals surface area (Å²) >= 11 is 5.84. The minimum atomic E-state index is -4.66. The molecule has 0 aliphatic rings. The maximum Gasteiger partial charge on any atom is 0.433 e. The van der Waals surface area contributed by atoms with Crippen molar-refractivity contribution in [2.45, 2.75) is 25.6 Å². The third-order valence-electron chi connectivity index (χ3n) is 3.29. The summed E-state index contributed by atoms with van der Waals surface area (Å²) in [5.41, 5.74) is 4.64. The first-order valence-electron chi connectivity index (χ1n) is 7.15. The van der Waals surface area contributed by atoms with Crippen LogP contribution in [0.25, 0.3) is 11.4 Å². The van der Waals surface area contributed by atoms with E-state index >= 15 is 0 Å². The number of rotatable bonds is 5. The average Bonchev–Trinajstić information content (AvgIpc) is 2.53. The predicted octanol–water partition coefficient (Wildman–Crippen LogP) is 3.67. The Balaban J connectivity index is 2.48. The van der Waals surface area contributed by atoms with Crippen LogP contribution in [0.1, 0.15) is 19.0 Å². The number of halogens is 4. The Labute approximate surface area is 141 Å². The van der Waals surface area contributed by atoms with Crippen LogP contribution in [0.2, 0.25) is 5.02 Å². The molecule has 0 bridgehead atoms. The Hall–Kier alpha value is -2.06. The number of alkyl halides is 3. The number of hydrogen-bond acceptors (Lipinski definition) is 5. The van der Waals surface area contributed by atoms with Gasteiger partial charge in [0.1, 0.15) is 11.6 Å². The van der Waals surface area contributed by atoms with E-state index in [9.17, 15) is 18.3 Å². The Morgan fingerprint density at radius 1 is 1.29 bits per heavy atom. The van der Waals surface area contributed by atoms with E-state index in [4.69, 9.17) is 17.3 Å². The highest BCUT2D eigenvalue weighted by atomic mass is 35.5. The molecule has 1 heterocycles. The number of anilines is 1. The number of benzene rings is 1. The van der Waals surface area contributed by atoms with Crippen molar-refractivity contribution in [2.75, 3.05) is 11.9 Å². The van der Waals surface area contributed by atoms with E-state index in [1.54, 1.807) is 0 Å². The van der Waals surface area contributed by atoms with E-state index in [0.29, 0.717) is 6.42 Å². The van der Waals surface area contributed by atoms with Crippen LogP contribution in [0.4, 0.5) is 19.0 Å². The zero-order chi connectivity index (χ0) is 17.9. The van der Waals surface area contributed by atoms with Gasteiger partial charge in [0.2, 0.25) is 0 Å². The quantitative estimate of drug-likeness (QED) is 0.757. The topological polar surface area (TPSA) is 84.1 Å². The van der Waals surface area contributed by atoms with Crippen LogP contribution < -0.4 is 11.1 Å². The number of phenolic OH excluding ortho intramolecular Hbond substituents is 1. The number of hydrogen-bond donors (Lipinski definition) is 3. The summed E-state index contributed by atoms with van der Waals surface area (Å²) in [7, 11) is 0. The molecule has 0 radical (unpaired) electrons. The second-order valence-corrected chi connectivity index (χ2v) is 5.61. The molecular weight excluding hydrogens is 345 g/mol. The van der Waals surface area contributed by atoms with Crippen LogP contribution in [-0.2, 0) is 6.18 Å². The summed E-state index contributed by atoms with van der Waals surface area (Å²) < 4.78 is 39.2. The highest BCUT2D eigenvalue weighted by Gasteiger charge is 2.34. The third kappa shape index (κ3) is 4.48. The molecule has 2 rings (SSSR count). The molecule has 1 aromatic heterocycles. The lowest BCUT2D eigenvalue weighted by Gasteiger charge is -2.14. The summed E-state index contributed by atoms with van der Waals surface area (Å²) in [6.45, 7) is 2.12. The molecule has 9 heteroatoms. The van der Waals surface area contributed by atoms with Crippen molar-refractivity contribution in [2.24, 2.45) is 5.73 Å². The number of aromatic hydroxyl groups is 1. The maximum absolute atomic E-state index is 13.1. The zero-order valence-electron chi connectivity index (χ0n) is 12.7. The highest BCUT2D eigenvalue weighted by Crippen LogP contribution is 2.34. The minimum absolute atomic E-state index is 0.0106. The predicted molar refractivity (Wildman–Crippen MR) is 85.9 cm³/mol. The van der Waals surface area contributed by atoms with Crippen LogP contribution in [0.3, 0.4) is 0 Å². The van der Waals surface area contributed by atoms with Gasteiger partial charge in [0, 0.05) is 23.7 Å². The molecule has 0 spiro atoms. The SMILES string of the molecule is CCC(N)CNc1cc(C(F)(F)F)nc(-c2cc(Cl)ccc2O)n1. The van der Waals surface area contributed by atoms with Crippen molar-refractivity contribution >= 4 is 17.4 Å². The summed E-state index contributed by atoms with van der Waals surface area (Å²) in [4.78, 5) is 7.53. The number of nitrogens with two attached hydrogens (primary N) is 1. The maximum atomic E-state index is 13.1. The smallest absolute Gasteiger partial charge is 0.433 e. The van der Waals surface area contributed by atoms with Gasteiger partial charge in [0.15, 0.2) is 11.5 Å². The van der Waals surface area contributed by atoms with Crippen molar-refractivity contribution in [3.05, 3.63) is 35.0 Å². The standard InChI is InChI=1S/C15H16ClF3N4O/c1-2-9(20)7-21-13-6-12(15(17,18)19)22-14(23-13)10-5-8(16)3-4-11(10)24/h3-6,9,24H,2,7,20H2,1H3,(H,21,22,23). The molecule has 2 aromatic rings. The minimum Gasteiger partial charge on any atom is -0.507 e. The zero-order valence-corrected chi connectivity index (χ0v) is 13.5. The number of phenols is 1. The first kappa shape index (κ1) is 18.3. The van der Waals surface area contributed by atoms with Crippen LogP contribution >= 0.6 is 11.6 Å². The highest BCUT2D eigenvalue weighted by molar-refractivity contribution is 6.30. The van der Waals surface area contributed by atoms with Crippen LogP contribution in [0.5, 0.6) is 5.75 Å². The molecular formula is C15H16ClF3N4O. The molecule has 1 unspecified atom stereocenters. The Morgan fingerprint density at radius 2 is 2.00 bits per heavy atom. The molecule has 0 amide bonds. The van der Waals surface area contributed by atoms with E-state index in [1.807, 2.05) is 6.92 Å². The van der Waals surface area contributed by atoms with Crippen LogP contribution in [0.15, 0.2) is 24.3 Å². The van der Waals surface area contributed by atoms with Crippen molar-refractivity contribution in [3.8, 4) is 17.1 Å². The second kappa shape index (κ2) is 7.23. The molecule has 0 aliphatic carbocycles. The summed E-state index contributed by atoms with van der Waals surface area (Å²) in [6.07, 6.45) is -4.00. The average molecular weight is 361 g/mol. The summed E-state index contributed by atoms with van der Waals surface area (Å²) in [5.74, 6) is -0.581. The van der Waals surface area contributed by atoms with E-state index in [2.05, 4.69) is 15.3 Å². The van der Waals surface area contributed by atoms with E-state index < -0.39 is 11.9 Å². The van der Waals surface area contributed by atoms with Crippen LogP contribution in [-0.4, -0.2) is 27.7 Å². The second-order valence-electron chi connectivity index (χ2n) is 5.17. The van der Waals surface area contributed by atoms with Gasteiger partial charge in [-0.25, -0.2) is 9.97 Å². The van der Waals surface area contributed by atoms with E-state index in [1.165, 1.54) is 18.2 Å². The van der Waals surface area contributed by atoms with Gasteiger partial charge in [-0.2, -0.15) is 13.2 Å². The van der Waals surface area contributed by atoms with Gasteiger partial charge in [-0.1, -0.05) is 18.5 Å². The Morgan fingerprint density at radius 3 is 2.62 bits per heavy atom. The molecule has 130 valence electrons. The number of nitrogens with one attached hydrogen (secondary N) is 1. The largest absolute Gasteiger partial charge is 0.507 e. The Kier molecular flexibility index (Phi) is 5.51. The van der Waals surface area contributed by atoms with Crippen LogP contribution in [0, 0.1) is 0 Å². The molecule has 4 N–H and O–H groups in total. The summed E-state index contributed by atoms with van der Waals surface area (Å²) in [5, 5.41) is 12.9. The fraction of sp³-hybridized carbons (Fsp3) is 0.333. The molecule has 24 heavy (non-hydrogen) atoms. The number of nitrogens with zero attached hydrogens (tertiary/aromatic N) is 2. The van der Waals surface area contributed by atoms with Gasteiger partial charge in [-0.15, -0.1) is 0 Å². The molecule has 0 fully saturated rings. The monoisotopic (exact) mass is 360 g/mol. The van der Waals surface area contributed by atoms with Gasteiger partial charge >= 0.3 is 6.18 Å². The molecule has 5 nitrogen and oxygen atoms in total. The molecule has 0 saturated heterocycles. The van der Waals surface area contributed by atoms with E-state index in [-0.39, 0.29) is 40.6 Å². The summed E-state index contributed by atoms with van der Waals surface area (Å²) in [6, 6.07) is 4.55.